The fourth-order valence-electron chi connectivity index (χ4n) is 1.62. The Morgan fingerprint density at radius 2 is 1.75 bits per heavy atom. The second-order valence-corrected chi connectivity index (χ2v) is 4.40. The number of unbranched alkanes of at least 4 members (excludes halogenated alkanes) is 1. The highest BCUT2D eigenvalue weighted by Crippen LogP contribution is 2.14. The van der Waals surface area contributed by atoms with Crippen LogP contribution in [0.25, 0.3) is 0 Å². The normalized spacial score (nSPS) is 11.7. The maximum absolute atomic E-state index is 11.7. The Morgan fingerprint density at radius 3 is 2.30 bits per heavy atom. The standard InChI is InChI=1S/C15H26O5/c1-4-7-8-13(5-2)15(17)20-12-10-18-9-11-19-14(16)6-3/h6,13H,3-5,7-12H2,1-2H3. The average Bonchev–Trinajstić information content (AvgIpc) is 2.46. The molecular formula is C15H26O5. The highest BCUT2D eigenvalue weighted by Gasteiger charge is 2.16. The first-order valence-corrected chi connectivity index (χ1v) is 7.19. The quantitative estimate of drug-likeness (QED) is 0.313. The minimum atomic E-state index is -0.471. The molecule has 20 heavy (non-hydrogen) atoms. The first-order chi connectivity index (χ1) is 9.65. The van der Waals surface area contributed by atoms with E-state index in [1.54, 1.807) is 0 Å². The lowest BCUT2D eigenvalue weighted by Crippen LogP contribution is -2.20. The SMILES string of the molecule is C=CC(=O)OCCOCCOC(=O)C(CC)CCCC. The highest BCUT2D eigenvalue weighted by molar-refractivity contribution is 5.81. The Hall–Kier alpha value is -1.36. The van der Waals surface area contributed by atoms with Gasteiger partial charge in [-0.1, -0.05) is 33.3 Å². The molecule has 1 atom stereocenters. The van der Waals surface area contributed by atoms with Crippen molar-refractivity contribution in [2.45, 2.75) is 39.5 Å². The third-order valence-electron chi connectivity index (χ3n) is 2.84. The van der Waals surface area contributed by atoms with Crippen LogP contribution < -0.4 is 0 Å². The minimum absolute atomic E-state index is 0.0107. The molecule has 0 radical (unpaired) electrons. The molecule has 0 aliphatic heterocycles. The predicted molar refractivity (Wildman–Crippen MR) is 76.2 cm³/mol. The Bertz CT molecular complexity index is 288. The van der Waals surface area contributed by atoms with Crippen molar-refractivity contribution in [3.05, 3.63) is 12.7 Å². The van der Waals surface area contributed by atoms with Gasteiger partial charge in [0.05, 0.1) is 19.1 Å². The van der Waals surface area contributed by atoms with Crippen LogP contribution in [0.2, 0.25) is 0 Å². The highest BCUT2D eigenvalue weighted by atomic mass is 16.6. The van der Waals surface area contributed by atoms with Crippen LogP contribution in [-0.2, 0) is 23.8 Å². The Kier molecular flexibility index (Phi) is 11.8. The van der Waals surface area contributed by atoms with Crippen molar-refractivity contribution in [1.82, 2.24) is 0 Å². The first-order valence-electron chi connectivity index (χ1n) is 7.19. The van der Waals surface area contributed by atoms with Crippen molar-refractivity contribution in [1.29, 1.82) is 0 Å². The molecule has 0 saturated carbocycles. The molecule has 5 nitrogen and oxygen atoms in total. The lowest BCUT2D eigenvalue weighted by molar-refractivity contribution is -0.150. The van der Waals surface area contributed by atoms with E-state index in [-0.39, 0.29) is 31.7 Å². The second-order valence-electron chi connectivity index (χ2n) is 4.40. The largest absolute Gasteiger partial charge is 0.463 e. The van der Waals surface area contributed by atoms with Gasteiger partial charge in [0.1, 0.15) is 13.2 Å². The van der Waals surface area contributed by atoms with Crippen LogP contribution >= 0.6 is 0 Å². The molecule has 0 bridgehead atoms. The number of rotatable bonds is 12. The molecule has 0 aliphatic rings. The zero-order valence-corrected chi connectivity index (χ0v) is 12.6. The molecule has 0 rings (SSSR count). The Balaban J connectivity index is 3.55. The van der Waals surface area contributed by atoms with Gasteiger partial charge in [-0.3, -0.25) is 4.79 Å². The van der Waals surface area contributed by atoms with E-state index in [1.807, 2.05) is 6.92 Å². The van der Waals surface area contributed by atoms with Gasteiger partial charge in [0, 0.05) is 6.08 Å². The zero-order valence-electron chi connectivity index (χ0n) is 12.6. The van der Waals surface area contributed by atoms with Gasteiger partial charge in [0.25, 0.3) is 0 Å². The van der Waals surface area contributed by atoms with Gasteiger partial charge in [0.15, 0.2) is 0 Å². The van der Waals surface area contributed by atoms with Crippen molar-refractivity contribution < 1.29 is 23.8 Å². The summed E-state index contributed by atoms with van der Waals surface area (Å²) in [4.78, 5) is 22.5. The minimum Gasteiger partial charge on any atom is -0.463 e. The van der Waals surface area contributed by atoms with Crippen molar-refractivity contribution in [3.63, 3.8) is 0 Å². The van der Waals surface area contributed by atoms with Crippen LogP contribution in [0.3, 0.4) is 0 Å². The fourth-order valence-corrected chi connectivity index (χ4v) is 1.62. The summed E-state index contributed by atoms with van der Waals surface area (Å²) >= 11 is 0. The molecule has 0 N–H and O–H groups in total. The third kappa shape index (κ3) is 9.55. The monoisotopic (exact) mass is 286 g/mol. The molecule has 0 saturated heterocycles. The third-order valence-corrected chi connectivity index (χ3v) is 2.84. The summed E-state index contributed by atoms with van der Waals surface area (Å²) in [7, 11) is 0. The molecule has 0 aromatic rings. The van der Waals surface area contributed by atoms with Gasteiger partial charge in [-0.25, -0.2) is 4.79 Å². The van der Waals surface area contributed by atoms with Gasteiger partial charge in [-0.15, -0.1) is 0 Å². The molecule has 5 heteroatoms. The van der Waals surface area contributed by atoms with Crippen LogP contribution in [-0.4, -0.2) is 38.4 Å². The molecule has 0 amide bonds. The van der Waals surface area contributed by atoms with Crippen molar-refractivity contribution in [2.24, 2.45) is 5.92 Å². The molecule has 0 aromatic carbocycles. The number of esters is 2. The van der Waals surface area contributed by atoms with Crippen LogP contribution in [0.1, 0.15) is 39.5 Å². The summed E-state index contributed by atoms with van der Waals surface area (Å²) in [5.74, 6) is -0.632. The van der Waals surface area contributed by atoms with Crippen molar-refractivity contribution >= 4 is 11.9 Å². The lowest BCUT2D eigenvalue weighted by atomic mass is 10.00. The number of hydrogen-bond donors (Lipinski definition) is 0. The van der Waals surface area contributed by atoms with E-state index in [9.17, 15) is 9.59 Å². The number of carbonyl (C=O) groups excluding carboxylic acids is 2. The summed E-state index contributed by atoms with van der Waals surface area (Å²) in [6.07, 6.45) is 4.90. The average molecular weight is 286 g/mol. The van der Waals surface area contributed by atoms with Crippen LogP contribution in [0.4, 0.5) is 0 Å². The molecule has 0 aliphatic carbocycles. The smallest absolute Gasteiger partial charge is 0.330 e. The summed E-state index contributed by atoms with van der Waals surface area (Å²) in [5, 5.41) is 0. The Morgan fingerprint density at radius 1 is 1.10 bits per heavy atom. The van der Waals surface area contributed by atoms with Gasteiger partial charge < -0.3 is 14.2 Å². The number of hydrogen-bond acceptors (Lipinski definition) is 5. The van der Waals surface area contributed by atoms with Crippen LogP contribution in [0, 0.1) is 5.92 Å². The zero-order chi connectivity index (χ0) is 15.2. The number of ether oxygens (including phenoxy) is 3. The summed E-state index contributed by atoms with van der Waals surface area (Å²) in [6, 6.07) is 0. The molecule has 0 heterocycles. The summed E-state index contributed by atoms with van der Waals surface area (Å²) < 4.78 is 15.1. The van der Waals surface area contributed by atoms with Gasteiger partial charge in [0.2, 0.25) is 0 Å². The second kappa shape index (κ2) is 12.7. The van der Waals surface area contributed by atoms with Gasteiger partial charge in [-0.2, -0.15) is 0 Å². The van der Waals surface area contributed by atoms with Gasteiger partial charge >= 0.3 is 11.9 Å². The van der Waals surface area contributed by atoms with Crippen LogP contribution in [0.15, 0.2) is 12.7 Å². The van der Waals surface area contributed by atoms with Crippen molar-refractivity contribution in [2.75, 3.05) is 26.4 Å². The molecule has 0 aromatic heterocycles. The number of carbonyl (C=O) groups is 2. The van der Waals surface area contributed by atoms with E-state index in [0.29, 0.717) is 6.61 Å². The van der Waals surface area contributed by atoms with E-state index >= 15 is 0 Å². The van der Waals surface area contributed by atoms with E-state index in [1.165, 1.54) is 0 Å². The maximum Gasteiger partial charge on any atom is 0.330 e. The van der Waals surface area contributed by atoms with E-state index < -0.39 is 5.97 Å². The van der Waals surface area contributed by atoms with E-state index in [0.717, 1.165) is 31.8 Å². The van der Waals surface area contributed by atoms with Crippen LogP contribution in [0.5, 0.6) is 0 Å². The molecule has 0 fully saturated rings. The van der Waals surface area contributed by atoms with E-state index in [2.05, 4.69) is 13.5 Å². The topological polar surface area (TPSA) is 61.8 Å². The summed E-state index contributed by atoms with van der Waals surface area (Å²) in [5.41, 5.74) is 0. The van der Waals surface area contributed by atoms with Crippen molar-refractivity contribution in [3.8, 4) is 0 Å². The summed E-state index contributed by atoms with van der Waals surface area (Å²) in [6.45, 7) is 8.37. The molecule has 1 unspecified atom stereocenters. The lowest BCUT2D eigenvalue weighted by Gasteiger charge is -2.13. The Labute approximate surface area is 121 Å². The fraction of sp³-hybridized carbons (Fsp3) is 0.733. The van der Waals surface area contributed by atoms with Gasteiger partial charge in [-0.05, 0) is 12.8 Å². The first kappa shape index (κ1) is 18.6. The molecule has 116 valence electrons. The predicted octanol–water partition coefficient (Wildman–Crippen LogP) is 2.49. The molecule has 0 spiro atoms. The maximum atomic E-state index is 11.7. The molecular weight excluding hydrogens is 260 g/mol. The van der Waals surface area contributed by atoms with E-state index in [4.69, 9.17) is 14.2 Å².